The van der Waals surface area contributed by atoms with E-state index < -0.39 is 5.97 Å². The Balaban J connectivity index is 1.86. The molecule has 2 N–H and O–H groups in total. The largest absolute Gasteiger partial charge is 0.478 e. The molecule has 0 unspecified atom stereocenters. The Morgan fingerprint density at radius 3 is 2.41 bits per heavy atom. The van der Waals surface area contributed by atoms with Crippen molar-refractivity contribution in [3.8, 4) is 0 Å². The fourth-order valence-corrected chi connectivity index (χ4v) is 3.53. The fraction of sp³-hybridized carbons (Fsp3) is 0.318. The Labute approximate surface area is 159 Å². The zero-order valence-corrected chi connectivity index (χ0v) is 16.3. The van der Waals surface area contributed by atoms with Crippen molar-refractivity contribution in [2.24, 2.45) is 0 Å². The van der Waals surface area contributed by atoms with Gasteiger partial charge in [-0.3, -0.25) is 0 Å². The Bertz CT molecular complexity index is 966. The second-order valence-corrected chi connectivity index (χ2v) is 6.96. The van der Waals surface area contributed by atoms with Crippen molar-refractivity contribution < 1.29 is 14.3 Å². The summed E-state index contributed by atoms with van der Waals surface area (Å²) in [6.45, 7) is 9.58. The van der Waals surface area contributed by atoms with Gasteiger partial charge in [0.15, 0.2) is 0 Å². The number of aromatic nitrogens is 1. The number of benzene rings is 1. The van der Waals surface area contributed by atoms with E-state index >= 15 is 0 Å². The summed E-state index contributed by atoms with van der Waals surface area (Å²) < 4.78 is 7.66. The number of nitrogens with one attached hydrogen (secondary N) is 1. The molecule has 0 saturated carbocycles. The number of carbonyl (C=O) groups is 1. The molecule has 0 aliphatic carbocycles. The first-order chi connectivity index (χ1) is 12.9. The normalized spacial score (nSPS) is 11.1. The number of furan rings is 1. The molecule has 0 atom stereocenters. The molecule has 5 heteroatoms. The van der Waals surface area contributed by atoms with Crippen molar-refractivity contribution in [2.75, 3.05) is 0 Å². The van der Waals surface area contributed by atoms with Gasteiger partial charge in [0.25, 0.3) is 0 Å². The molecule has 3 rings (SSSR count). The van der Waals surface area contributed by atoms with Gasteiger partial charge in [-0.1, -0.05) is 24.3 Å². The Kier molecular flexibility index (Phi) is 5.51. The summed E-state index contributed by atoms with van der Waals surface area (Å²) in [5.41, 5.74) is 5.39. The van der Waals surface area contributed by atoms with E-state index in [1.807, 2.05) is 45.0 Å². The van der Waals surface area contributed by atoms with Crippen molar-refractivity contribution in [3.63, 3.8) is 0 Å². The van der Waals surface area contributed by atoms with E-state index in [2.05, 4.69) is 28.9 Å². The van der Waals surface area contributed by atoms with Crippen molar-refractivity contribution in [3.05, 3.63) is 81.6 Å². The summed E-state index contributed by atoms with van der Waals surface area (Å²) in [6, 6.07) is 12.1. The molecule has 27 heavy (non-hydrogen) atoms. The van der Waals surface area contributed by atoms with Crippen LogP contribution in [0.2, 0.25) is 0 Å². The van der Waals surface area contributed by atoms with E-state index in [0.29, 0.717) is 25.2 Å². The standard InChI is InChI=1S/C22H26N2O3/c1-14-7-5-6-8-18(14)13-24-16(3)20(21(17(24)4)22(25)26)12-23-11-19-10-9-15(2)27-19/h5-10,23H,11-13H2,1-4H3,(H,25,26). The van der Waals surface area contributed by atoms with Crippen LogP contribution in [0.25, 0.3) is 0 Å². The molecule has 0 aliphatic heterocycles. The number of aromatic carboxylic acids is 1. The molecule has 0 amide bonds. The van der Waals surface area contributed by atoms with Gasteiger partial charge in [-0.05, 0) is 51.0 Å². The van der Waals surface area contributed by atoms with E-state index in [-0.39, 0.29) is 0 Å². The van der Waals surface area contributed by atoms with Gasteiger partial charge in [0.05, 0.1) is 12.1 Å². The Hall–Kier alpha value is -2.79. The monoisotopic (exact) mass is 366 g/mol. The first-order valence-corrected chi connectivity index (χ1v) is 9.11. The zero-order chi connectivity index (χ0) is 19.6. The van der Waals surface area contributed by atoms with Crippen molar-refractivity contribution in [2.45, 2.75) is 47.3 Å². The number of hydrogen-bond donors (Lipinski definition) is 2. The Morgan fingerprint density at radius 1 is 1.04 bits per heavy atom. The predicted octanol–water partition coefficient (Wildman–Crippen LogP) is 4.35. The molecule has 0 bridgehead atoms. The van der Waals surface area contributed by atoms with Gasteiger partial charge in [0.2, 0.25) is 0 Å². The number of carboxylic acids is 1. The van der Waals surface area contributed by atoms with Crippen LogP contribution in [0, 0.1) is 27.7 Å². The van der Waals surface area contributed by atoms with Gasteiger partial charge >= 0.3 is 5.97 Å². The molecule has 0 saturated heterocycles. The van der Waals surface area contributed by atoms with Gasteiger partial charge in [0.1, 0.15) is 11.5 Å². The molecular weight excluding hydrogens is 340 g/mol. The van der Waals surface area contributed by atoms with Crippen LogP contribution in [0.5, 0.6) is 0 Å². The second-order valence-electron chi connectivity index (χ2n) is 6.96. The minimum absolute atomic E-state index is 0.393. The van der Waals surface area contributed by atoms with Crippen LogP contribution in [-0.2, 0) is 19.6 Å². The third-order valence-electron chi connectivity index (χ3n) is 5.11. The van der Waals surface area contributed by atoms with Crippen molar-refractivity contribution in [1.82, 2.24) is 9.88 Å². The highest BCUT2D eigenvalue weighted by molar-refractivity contribution is 5.91. The maximum Gasteiger partial charge on any atom is 0.337 e. The zero-order valence-electron chi connectivity index (χ0n) is 16.3. The topological polar surface area (TPSA) is 67.4 Å². The third kappa shape index (κ3) is 3.98. The number of hydrogen-bond acceptors (Lipinski definition) is 3. The van der Waals surface area contributed by atoms with Crippen molar-refractivity contribution >= 4 is 5.97 Å². The fourth-order valence-electron chi connectivity index (χ4n) is 3.53. The SMILES string of the molecule is Cc1ccc(CNCc2c(C(=O)O)c(C)n(Cc3ccccc3C)c2C)o1. The molecule has 5 nitrogen and oxygen atoms in total. The average Bonchev–Trinajstić information content (AvgIpc) is 3.13. The lowest BCUT2D eigenvalue weighted by molar-refractivity contribution is 0.0694. The molecular formula is C22H26N2O3. The van der Waals surface area contributed by atoms with E-state index in [4.69, 9.17) is 4.42 Å². The van der Waals surface area contributed by atoms with Crippen LogP contribution in [0.3, 0.4) is 0 Å². The summed E-state index contributed by atoms with van der Waals surface area (Å²) in [6.07, 6.45) is 0. The minimum Gasteiger partial charge on any atom is -0.478 e. The molecule has 0 radical (unpaired) electrons. The van der Waals surface area contributed by atoms with Crippen LogP contribution in [0.15, 0.2) is 40.8 Å². The van der Waals surface area contributed by atoms with Crippen molar-refractivity contribution in [1.29, 1.82) is 0 Å². The van der Waals surface area contributed by atoms with Gasteiger partial charge in [0, 0.05) is 30.0 Å². The maximum atomic E-state index is 11.9. The summed E-state index contributed by atoms with van der Waals surface area (Å²) in [7, 11) is 0. The molecule has 3 aromatic rings. The highest BCUT2D eigenvalue weighted by Crippen LogP contribution is 2.24. The average molecular weight is 366 g/mol. The van der Waals surface area contributed by atoms with E-state index in [9.17, 15) is 9.90 Å². The number of nitrogens with zero attached hydrogens (tertiary/aromatic N) is 1. The summed E-state index contributed by atoms with van der Waals surface area (Å²) in [5, 5.41) is 13.1. The van der Waals surface area contributed by atoms with Gasteiger partial charge in [-0.2, -0.15) is 0 Å². The highest BCUT2D eigenvalue weighted by Gasteiger charge is 2.22. The predicted molar refractivity (Wildman–Crippen MR) is 105 cm³/mol. The molecule has 2 heterocycles. The lowest BCUT2D eigenvalue weighted by Gasteiger charge is -2.12. The van der Waals surface area contributed by atoms with E-state index in [0.717, 1.165) is 28.5 Å². The lowest BCUT2D eigenvalue weighted by Crippen LogP contribution is -2.15. The molecule has 1 aromatic carbocycles. The lowest BCUT2D eigenvalue weighted by atomic mass is 10.1. The van der Waals surface area contributed by atoms with Crippen LogP contribution in [-0.4, -0.2) is 15.6 Å². The highest BCUT2D eigenvalue weighted by atomic mass is 16.4. The summed E-state index contributed by atoms with van der Waals surface area (Å²) in [4.78, 5) is 11.9. The molecule has 0 aliphatic rings. The Morgan fingerprint density at radius 2 is 1.78 bits per heavy atom. The third-order valence-corrected chi connectivity index (χ3v) is 5.11. The minimum atomic E-state index is -0.884. The van der Waals surface area contributed by atoms with Gasteiger partial charge < -0.3 is 19.4 Å². The number of aryl methyl sites for hydroxylation is 2. The summed E-state index contributed by atoms with van der Waals surface area (Å²) >= 11 is 0. The second kappa shape index (κ2) is 7.84. The molecule has 142 valence electrons. The van der Waals surface area contributed by atoms with Crippen LogP contribution < -0.4 is 5.32 Å². The van der Waals surface area contributed by atoms with Gasteiger partial charge in [-0.25, -0.2) is 4.79 Å². The quantitative estimate of drug-likeness (QED) is 0.652. The molecule has 0 fully saturated rings. The first kappa shape index (κ1) is 19.0. The van der Waals surface area contributed by atoms with Crippen LogP contribution in [0.1, 0.15) is 50.0 Å². The smallest absolute Gasteiger partial charge is 0.337 e. The maximum absolute atomic E-state index is 11.9. The first-order valence-electron chi connectivity index (χ1n) is 9.11. The van der Waals surface area contributed by atoms with Crippen LogP contribution in [0.4, 0.5) is 0 Å². The summed E-state index contributed by atoms with van der Waals surface area (Å²) in [5.74, 6) is 0.831. The number of carboxylic acid groups (broad SMARTS) is 1. The van der Waals surface area contributed by atoms with Crippen LogP contribution >= 0.6 is 0 Å². The van der Waals surface area contributed by atoms with Gasteiger partial charge in [-0.15, -0.1) is 0 Å². The number of rotatable bonds is 7. The molecule has 0 spiro atoms. The molecule has 2 aromatic heterocycles. The van der Waals surface area contributed by atoms with E-state index in [1.165, 1.54) is 11.1 Å². The van der Waals surface area contributed by atoms with E-state index in [1.54, 1.807) is 0 Å².